The molecule has 12 nitrogen and oxygen atoms in total. The summed E-state index contributed by atoms with van der Waals surface area (Å²) in [4.78, 5) is 43.0. The Balaban J connectivity index is 1.40. The molecule has 2 fully saturated rings. The van der Waals surface area contributed by atoms with Crippen molar-refractivity contribution in [3.8, 4) is 22.5 Å². The molecule has 3 aromatic heterocycles. The van der Waals surface area contributed by atoms with Crippen LogP contribution in [-0.4, -0.2) is 74.4 Å². The molecule has 0 bridgehead atoms. The van der Waals surface area contributed by atoms with E-state index in [-0.39, 0.29) is 30.0 Å². The lowest BCUT2D eigenvalue weighted by atomic mass is 9.98. The molecular formula is C29H33ClN8O4. The number of carbonyl (C=O) groups excluding carboxylic acids is 1. The second-order valence-electron chi connectivity index (χ2n) is 10.9. The number of halogens is 1. The van der Waals surface area contributed by atoms with E-state index >= 15 is 0 Å². The number of nitrogens with two attached hydrogens (primary N) is 1. The summed E-state index contributed by atoms with van der Waals surface area (Å²) in [6, 6.07) is 7.11. The summed E-state index contributed by atoms with van der Waals surface area (Å²) in [5.41, 5.74) is 7.42. The third kappa shape index (κ3) is 5.87. The molecule has 6 rings (SSSR count). The van der Waals surface area contributed by atoms with Gasteiger partial charge in [-0.3, -0.25) is 14.2 Å². The smallest absolute Gasteiger partial charge is 0.260 e. The molecule has 0 spiro atoms. The second-order valence-corrected chi connectivity index (χ2v) is 11.3. The van der Waals surface area contributed by atoms with Gasteiger partial charge in [-0.1, -0.05) is 28.9 Å². The lowest BCUT2D eigenvalue weighted by Gasteiger charge is -2.32. The number of likely N-dealkylation sites (tertiary alicyclic amines) is 1. The van der Waals surface area contributed by atoms with Crippen molar-refractivity contribution in [1.82, 2.24) is 29.6 Å². The maximum Gasteiger partial charge on any atom is 0.260 e. The number of carbonyl (C=O) groups is 1. The number of piperidine rings is 1. The van der Waals surface area contributed by atoms with E-state index in [9.17, 15) is 9.59 Å². The third-order valence-corrected chi connectivity index (χ3v) is 8.24. The average molecular weight is 593 g/mol. The number of hydrogen-bond donors (Lipinski definition) is 2. The molecule has 1 aromatic carbocycles. The van der Waals surface area contributed by atoms with Gasteiger partial charge in [-0.2, -0.15) is 9.97 Å². The molecule has 42 heavy (non-hydrogen) atoms. The van der Waals surface area contributed by atoms with Crippen LogP contribution in [-0.2, 0) is 16.1 Å². The lowest BCUT2D eigenvalue weighted by Crippen LogP contribution is -2.44. The topological polar surface area (TPSA) is 154 Å². The van der Waals surface area contributed by atoms with Crippen molar-refractivity contribution in [3.63, 3.8) is 0 Å². The van der Waals surface area contributed by atoms with E-state index in [1.807, 2.05) is 0 Å². The molecule has 0 saturated carbocycles. The minimum absolute atomic E-state index is 0.153. The number of nitrogens with one attached hydrogen (secondary N) is 1. The number of hydrogen-bond acceptors (Lipinski definition) is 10. The van der Waals surface area contributed by atoms with Crippen LogP contribution in [0, 0.1) is 12.8 Å². The van der Waals surface area contributed by atoms with Crippen molar-refractivity contribution in [1.29, 1.82) is 0 Å². The minimum atomic E-state index is -0.371. The second kappa shape index (κ2) is 12.2. The Labute approximate surface area is 247 Å². The highest BCUT2D eigenvalue weighted by Gasteiger charge is 2.25. The normalized spacial score (nSPS) is 18.0. The zero-order valence-corrected chi connectivity index (χ0v) is 24.1. The summed E-state index contributed by atoms with van der Waals surface area (Å²) in [6.07, 6.45) is 5.21. The fourth-order valence-electron chi connectivity index (χ4n) is 5.60. The Morgan fingerprint density at radius 2 is 2.00 bits per heavy atom. The highest BCUT2D eigenvalue weighted by Crippen LogP contribution is 2.31. The van der Waals surface area contributed by atoms with Crippen LogP contribution >= 0.6 is 11.6 Å². The number of pyridine rings is 1. The number of fused-ring (bicyclic) bond motifs is 1. The molecule has 0 radical (unpaired) electrons. The van der Waals surface area contributed by atoms with Gasteiger partial charge < -0.3 is 25.2 Å². The Hall–Kier alpha value is -3.87. The van der Waals surface area contributed by atoms with Crippen LogP contribution in [0.15, 0.2) is 39.8 Å². The highest BCUT2D eigenvalue weighted by molar-refractivity contribution is 6.33. The van der Waals surface area contributed by atoms with Crippen LogP contribution < -0.4 is 16.6 Å². The van der Waals surface area contributed by atoms with Gasteiger partial charge in [0.2, 0.25) is 23.6 Å². The fraction of sp³-hybridized carbons (Fsp3) is 0.448. The van der Waals surface area contributed by atoms with E-state index in [4.69, 9.17) is 31.6 Å². The Morgan fingerprint density at radius 3 is 2.74 bits per heavy atom. The number of aromatic nitrogens is 5. The first kappa shape index (κ1) is 28.3. The SMILES string of the molecule is Cc1nc(-c2ccc(-c3cc4cnc(NC5CCOCC5)nc4n(CC(=O)N4CCCC(CN)C4)c3=O)c(Cl)c2)no1. The highest BCUT2D eigenvalue weighted by atomic mass is 35.5. The van der Waals surface area contributed by atoms with Crippen molar-refractivity contribution in [2.45, 2.75) is 45.2 Å². The number of benzene rings is 1. The van der Waals surface area contributed by atoms with E-state index in [1.54, 1.807) is 42.3 Å². The predicted octanol–water partition coefficient (Wildman–Crippen LogP) is 3.26. The monoisotopic (exact) mass is 592 g/mol. The number of amides is 1. The predicted molar refractivity (Wildman–Crippen MR) is 158 cm³/mol. The summed E-state index contributed by atoms with van der Waals surface area (Å²) in [6.45, 7) is 4.61. The van der Waals surface area contributed by atoms with E-state index in [0.717, 1.165) is 25.7 Å². The lowest BCUT2D eigenvalue weighted by molar-refractivity contribution is -0.133. The van der Waals surface area contributed by atoms with E-state index in [1.165, 1.54) is 4.57 Å². The van der Waals surface area contributed by atoms with Crippen molar-refractivity contribution >= 4 is 34.5 Å². The first-order valence-corrected chi connectivity index (χ1v) is 14.6. The molecule has 1 unspecified atom stereocenters. The van der Waals surface area contributed by atoms with Gasteiger partial charge in [-0.05, 0) is 50.3 Å². The van der Waals surface area contributed by atoms with Gasteiger partial charge in [0.05, 0.1) is 0 Å². The van der Waals surface area contributed by atoms with Crippen molar-refractivity contribution < 1.29 is 14.1 Å². The third-order valence-electron chi connectivity index (χ3n) is 7.92. The van der Waals surface area contributed by atoms with Crippen molar-refractivity contribution in [3.05, 3.63) is 51.7 Å². The molecule has 3 N–H and O–H groups in total. The maximum atomic E-state index is 14.1. The summed E-state index contributed by atoms with van der Waals surface area (Å²) < 4.78 is 12.0. The largest absolute Gasteiger partial charge is 0.381 e. The molecule has 4 aromatic rings. The van der Waals surface area contributed by atoms with Crippen LogP contribution in [0.3, 0.4) is 0 Å². The fourth-order valence-corrected chi connectivity index (χ4v) is 5.88. The molecule has 1 atom stereocenters. The van der Waals surface area contributed by atoms with Gasteiger partial charge in [0, 0.05) is 72.6 Å². The molecule has 1 amide bonds. The van der Waals surface area contributed by atoms with Crippen LogP contribution in [0.25, 0.3) is 33.5 Å². The molecule has 13 heteroatoms. The standard InChI is InChI=1S/C29H33ClN8O4/c1-17-33-26(36-42-17)19-4-5-22(24(30)12-19)23-11-20-14-32-29(34-21-6-9-41-10-7-21)35-27(20)38(28(23)40)16-25(39)37-8-2-3-18(13-31)15-37/h4-5,11-12,14,18,21H,2-3,6-10,13,15-16,31H2,1H3,(H,32,34,35). The number of aryl methyl sites for hydroxylation is 1. The van der Waals surface area contributed by atoms with E-state index in [2.05, 4.69) is 20.4 Å². The minimum Gasteiger partial charge on any atom is -0.381 e. The maximum absolute atomic E-state index is 14.1. The summed E-state index contributed by atoms with van der Waals surface area (Å²) in [5.74, 6) is 1.34. The van der Waals surface area contributed by atoms with Crippen LogP contribution in [0.1, 0.15) is 31.6 Å². The molecule has 2 aliphatic rings. The summed E-state index contributed by atoms with van der Waals surface area (Å²) >= 11 is 6.72. The Bertz CT molecular complexity index is 1670. The number of rotatable bonds is 7. The van der Waals surface area contributed by atoms with Crippen molar-refractivity contribution in [2.24, 2.45) is 11.7 Å². The molecule has 2 aliphatic heterocycles. The zero-order chi connectivity index (χ0) is 29.2. The van der Waals surface area contributed by atoms with E-state index < -0.39 is 0 Å². The van der Waals surface area contributed by atoms with Gasteiger partial charge in [-0.15, -0.1) is 0 Å². The Kier molecular flexibility index (Phi) is 8.18. The Morgan fingerprint density at radius 1 is 1.17 bits per heavy atom. The van der Waals surface area contributed by atoms with Gasteiger partial charge in [0.15, 0.2) is 0 Å². The zero-order valence-electron chi connectivity index (χ0n) is 23.4. The molecule has 2 saturated heterocycles. The number of anilines is 1. The molecule has 0 aliphatic carbocycles. The first-order chi connectivity index (χ1) is 20.4. The number of nitrogens with zero attached hydrogens (tertiary/aromatic N) is 6. The van der Waals surface area contributed by atoms with Crippen LogP contribution in [0.5, 0.6) is 0 Å². The van der Waals surface area contributed by atoms with Gasteiger partial charge in [0.25, 0.3) is 5.56 Å². The summed E-state index contributed by atoms with van der Waals surface area (Å²) in [7, 11) is 0. The number of ether oxygens (including phenoxy) is 1. The van der Waals surface area contributed by atoms with Gasteiger partial charge in [0.1, 0.15) is 12.2 Å². The van der Waals surface area contributed by atoms with Crippen LogP contribution in [0.2, 0.25) is 5.02 Å². The molecule has 220 valence electrons. The van der Waals surface area contributed by atoms with Gasteiger partial charge >= 0.3 is 0 Å². The van der Waals surface area contributed by atoms with Crippen molar-refractivity contribution in [2.75, 3.05) is 38.2 Å². The van der Waals surface area contributed by atoms with Gasteiger partial charge in [-0.25, -0.2) is 4.98 Å². The van der Waals surface area contributed by atoms with E-state index in [0.29, 0.717) is 83.3 Å². The summed E-state index contributed by atoms with van der Waals surface area (Å²) in [5, 5.41) is 8.26. The molecule has 5 heterocycles. The quantitative estimate of drug-likeness (QED) is 0.327. The average Bonchev–Trinajstić information content (AvgIpc) is 3.45. The molecular weight excluding hydrogens is 560 g/mol. The van der Waals surface area contributed by atoms with Crippen LogP contribution in [0.4, 0.5) is 5.95 Å². The first-order valence-electron chi connectivity index (χ1n) is 14.2.